The number of aryl methyl sites for hydroxylation is 1. The number of hydrogen-bond donors (Lipinski definition) is 1. The molecule has 3 rings (SSSR count). The Labute approximate surface area is 148 Å². The highest BCUT2D eigenvalue weighted by molar-refractivity contribution is 5.93. The summed E-state index contributed by atoms with van der Waals surface area (Å²) in [5.74, 6) is -0.107. The molecule has 7 nitrogen and oxygen atoms in total. The van der Waals surface area contributed by atoms with Gasteiger partial charge in [0.15, 0.2) is 0 Å². The quantitative estimate of drug-likeness (QED) is 0.891. The molecule has 0 radical (unpaired) electrons. The molecular weight excluding hydrogens is 320 g/mol. The summed E-state index contributed by atoms with van der Waals surface area (Å²) in [7, 11) is 0. The summed E-state index contributed by atoms with van der Waals surface area (Å²) in [5, 5.41) is 9.52. The number of rotatable bonds is 4. The number of aliphatic carboxylic acids is 1. The number of likely N-dealkylation sites (tertiary alicyclic amines) is 2. The van der Waals surface area contributed by atoms with Gasteiger partial charge in [-0.2, -0.15) is 0 Å². The minimum Gasteiger partial charge on any atom is -0.480 e. The van der Waals surface area contributed by atoms with Crippen molar-refractivity contribution in [2.24, 2.45) is 5.41 Å². The Bertz CT molecular complexity index is 638. The van der Waals surface area contributed by atoms with Crippen LogP contribution in [0.15, 0.2) is 12.4 Å². The second-order valence-corrected chi connectivity index (χ2v) is 7.34. The van der Waals surface area contributed by atoms with E-state index < -0.39 is 5.97 Å². The summed E-state index contributed by atoms with van der Waals surface area (Å²) in [6, 6.07) is -0.382. The van der Waals surface area contributed by atoms with Crippen LogP contribution in [-0.4, -0.2) is 69.0 Å². The third kappa shape index (κ3) is 3.66. The Morgan fingerprint density at radius 1 is 1.28 bits per heavy atom. The third-order valence-electron chi connectivity index (χ3n) is 5.54. The van der Waals surface area contributed by atoms with Crippen LogP contribution >= 0.6 is 0 Å². The van der Waals surface area contributed by atoms with E-state index in [9.17, 15) is 14.7 Å². The summed E-state index contributed by atoms with van der Waals surface area (Å²) in [6.45, 7) is 6.85. The van der Waals surface area contributed by atoms with Gasteiger partial charge in [-0.25, -0.2) is 9.97 Å². The molecule has 0 saturated carbocycles. The van der Waals surface area contributed by atoms with E-state index in [1.807, 2.05) is 4.90 Å². The monoisotopic (exact) mass is 346 g/mol. The third-order valence-corrected chi connectivity index (χ3v) is 5.54. The summed E-state index contributed by atoms with van der Waals surface area (Å²) in [4.78, 5) is 36.3. The van der Waals surface area contributed by atoms with Crippen molar-refractivity contribution in [3.8, 4) is 0 Å². The average molecular weight is 346 g/mol. The van der Waals surface area contributed by atoms with Gasteiger partial charge in [0, 0.05) is 32.0 Å². The Morgan fingerprint density at radius 3 is 2.48 bits per heavy atom. The highest BCUT2D eigenvalue weighted by atomic mass is 16.4. The maximum absolute atomic E-state index is 12.6. The first-order valence-electron chi connectivity index (χ1n) is 8.99. The van der Waals surface area contributed by atoms with E-state index in [0.29, 0.717) is 30.9 Å². The van der Waals surface area contributed by atoms with Gasteiger partial charge in [-0.05, 0) is 44.6 Å². The molecule has 3 heterocycles. The van der Waals surface area contributed by atoms with E-state index in [2.05, 4.69) is 21.8 Å². The van der Waals surface area contributed by atoms with E-state index in [0.717, 1.165) is 32.4 Å². The van der Waals surface area contributed by atoms with Gasteiger partial charge >= 0.3 is 5.97 Å². The number of nitrogens with zero attached hydrogens (tertiary/aromatic N) is 4. The first-order valence-corrected chi connectivity index (χ1v) is 8.99. The van der Waals surface area contributed by atoms with Crippen molar-refractivity contribution in [3.63, 3.8) is 0 Å². The SMILES string of the molecule is CCCN1CC2(CCN(C(=O)c3cnc(C)nc3)CC2)C[C@@H]1C(=O)O. The fraction of sp³-hybridized carbons (Fsp3) is 0.667. The van der Waals surface area contributed by atoms with Gasteiger partial charge in [0.2, 0.25) is 0 Å². The van der Waals surface area contributed by atoms with Crippen molar-refractivity contribution < 1.29 is 14.7 Å². The van der Waals surface area contributed by atoms with Crippen LogP contribution in [0.3, 0.4) is 0 Å². The van der Waals surface area contributed by atoms with Crippen molar-refractivity contribution in [3.05, 3.63) is 23.8 Å². The molecule has 0 unspecified atom stereocenters. The summed E-state index contributed by atoms with van der Waals surface area (Å²) < 4.78 is 0. The molecule has 0 aromatic carbocycles. The summed E-state index contributed by atoms with van der Waals surface area (Å²) in [6.07, 6.45) is 6.52. The molecule has 2 fully saturated rings. The van der Waals surface area contributed by atoms with Crippen molar-refractivity contribution in [1.29, 1.82) is 0 Å². The number of carboxylic acid groups (broad SMARTS) is 1. The van der Waals surface area contributed by atoms with Crippen molar-refractivity contribution in [2.45, 2.75) is 45.6 Å². The fourth-order valence-corrected chi connectivity index (χ4v) is 4.14. The number of carbonyl (C=O) groups excluding carboxylic acids is 1. The molecule has 7 heteroatoms. The van der Waals surface area contributed by atoms with Crippen LogP contribution in [-0.2, 0) is 4.79 Å². The minimum atomic E-state index is -0.722. The molecule has 0 bridgehead atoms. The van der Waals surface area contributed by atoms with E-state index in [1.165, 1.54) is 0 Å². The smallest absolute Gasteiger partial charge is 0.320 e. The van der Waals surface area contributed by atoms with E-state index in [4.69, 9.17) is 0 Å². The molecule has 1 aromatic rings. The second kappa shape index (κ2) is 7.07. The molecule has 1 amide bonds. The van der Waals surface area contributed by atoms with E-state index in [-0.39, 0.29) is 17.4 Å². The lowest BCUT2D eigenvalue weighted by Gasteiger charge is -2.39. The molecule has 1 aromatic heterocycles. The maximum atomic E-state index is 12.6. The fourth-order valence-electron chi connectivity index (χ4n) is 4.14. The van der Waals surface area contributed by atoms with Crippen LogP contribution in [0, 0.1) is 12.3 Å². The Balaban J connectivity index is 1.64. The van der Waals surface area contributed by atoms with Crippen LogP contribution in [0.1, 0.15) is 48.8 Å². The molecule has 2 aliphatic heterocycles. The van der Waals surface area contributed by atoms with Gasteiger partial charge in [-0.1, -0.05) is 6.92 Å². The zero-order valence-corrected chi connectivity index (χ0v) is 14.9. The number of carboxylic acids is 1. The lowest BCUT2D eigenvalue weighted by molar-refractivity contribution is -0.142. The minimum absolute atomic E-state index is 0.0266. The first kappa shape index (κ1) is 17.8. The van der Waals surface area contributed by atoms with Crippen LogP contribution in [0.25, 0.3) is 0 Å². The molecule has 1 N–H and O–H groups in total. The normalized spacial score (nSPS) is 23.1. The zero-order chi connectivity index (χ0) is 18.0. The topological polar surface area (TPSA) is 86.6 Å². The molecule has 2 aliphatic rings. The molecule has 0 aliphatic carbocycles. The van der Waals surface area contributed by atoms with Crippen LogP contribution in [0.5, 0.6) is 0 Å². The lowest BCUT2D eigenvalue weighted by atomic mass is 9.76. The van der Waals surface area contributed by atoms with Crippen LogP contribution in [0.2, 0.25) is 0 Å². The predicted octanol–water partition coefficient (Wildman–Crippen LogP) is 1.58. The average Bonchev–Trinajstić information content (AvgIpc) is 2.94. The number of aromatic nitrogens is 2. The highest BCUT2D eigenvalue weighted by Gasteiger charge is 2.48. The Hall–Kier alpha value is -2.02. The maximum Gasteiger partial charge on any atom is 0.320 e. The number of amides is 1. The standard InChI is InChI=1S/C18H26N4O3/c1-3-6-22-12-18(9-15(22)17(24)25)4-7-21(8-5-18)16(23)14-10-19-13(2)20-11-14/h10-11,15H,3-9,12H2,1-2H3,(H,24,25)/t15-/m1/s1. The van der Waals surface area contributed by atoms with Crippen molar-refractivity contribution in [1.82, 2.24) is 19.8 Å². The van der Waals surface area contributed by atoms with Gasteiger partial charge in [0.1, 0.15) is 11.9 Å². The summed E-state index contributed by atoms with van der Waals surface area (Å²) in [5.41, 5.74) is 0.544. The van der Waals surface area contributed by atoms with Crippen LogP contribution < -0.4 is 0 Å². The molecule has 2 saturated heterocycles. The van der Waals surface area contributed by atoms with E-state index >= 15 is 0 Å². The predicted molar refractivity (Wildman–Crippen MR) is 92.2 cm³/mol. The van der Waals surface area contributed by atoms with Gasteiger partial charge in [0.25, 0.3) is 5.91 Å². The lowest BCUT2D eigenvalue weighted by Crippen LogP contribution is -2.44. The highest BCUT2D eigenvalue weighted by Crippen LogP contribution is 2.43. The van der Waals surface area contributed by atoms with Crippen LogP contribution in [0.4, 0.5) is 0 Å². The van der Waals surface area contributed by atoms with E-state index in [1.54, 1.807) is 19.3 Å². The number of piperidine rings is 1. The number of carbonyl (C=O) groups is 2. The van der Waals surface area contributed by atoms with Gasteiger partial charge in [-0.15, -0.1) is 0 Å². The van der Waals surface area contributed by atoms with Gasteiger partial charge in [0.05, 0.1) is 5.56 Å². The molecule has 25 heavy (non-hydrogen) atoms. The molecule has 136 valence electrons. The Morgan fingerprint density at radius 2 is 1.92 bits per heavy atom. The zero-order valence-electron chi connectivity index (χ0n) is 14.9. The molecule has 1 atom stereocenters. The largest absolute Gasteiger partial charge is 0.480 e. The van der Waals surface area contributed by atoms with Gasteiger partial charge < -0.3 is 10.0 Å². The van der Waals surface area contributed by atoms with Gasteiger partial charge in [-0.3, -0.25) is 14.5 Å². The Kier molecular flexibility index (Phi) is 5.03. The summed E-state index contributed by atoms with van der Waals surface area (Å²) >= 11 is 0. The first-order chi connectivity index (χ1) is 11.9. The number of hydrogen-bond acceptors (Lipinski definition) is 5. The molecule has 1 spiro atoms. The van der Waals surface area contributed by atoms with Crippen molar-refractivity contribution >= 4 is 11.9 Å². The van der Waals surface area contributed by atoms with Crippen molar-refractivity contribution in [2.75, 3.05) is 26.2 Å². The molecular formula is C18H26N4O3. The second-order valence-electron chi connectivity index (χ2n) is 7.34.